The zero-order valence-corrected chi connectivity index (χ0v) is 12.4. The van der Waals surface area contributed by atoms with Crippen LogP contribution in [0, 0.1) is 6.92 Å². The number of carbonyl (C=O) groups is 1. The Morgan fingerprint density at radius 1 is 1.14 bits per heavy atom. The Bertz CT molecular complexity index is 849. The number of fused-ring (bicyclic) bond motifs is 1. The van der Waals surface area contributed by atoms with Crippen molar-refractivity contribution in [1.29, 1.82) is 0 Å². The summed E-state index contributed by atoms with van der Waals surface area (Å²) < 4.78 is 2.31. The van der Waals surface area contributed by atoms with E-state index in [1.165, 1.54) is 11.5 Å². The summed E-state index contributed by atoms with van der Waals surface area (Å²) in [6, 6.07) is 7.83. The van der Waals surface area contributed by atoms with Crippen molar-refractivity contribution in [3.63, 3.8) is 0 Å². The third-order valence-corrected chi connectivity index (χ3v) is 3.62. The molecule has 1 aliphatic heterocycles. The van der Waals surface area contributed by atoms with Crippen LogP contribution in [0.25, 0.3) is 0 Å². The fraction of sp³-hybridized carbons (Fsp3) is 0.333. The van der Waals surface area contributed by atoms with Crippen molar-refractivity contribution >= 4 is 17.4 Å². The van der Waals surface area contributed by atoms with Gasteiger partial charge in [-0.2, -0.15) is 0 Å². The van der Waals surface area contributed by atoms with E-state index in [1.807, 2.05) is 36.1 Å². The second-order valence-electron chi connectivity index (χ2n) is 5.41. The van der Waals surface area contributed by atoms with E-state index in [2.05, 4.69) is 5.10 Å². The monoisotopic (exact) mass is 300 g/mol. The van der Waals surface area contributed by atoms with Crippen LogP contribution in [-0.2, 0) is 17.9 Å². The first-order valence-electron chi connectivity index (χ1n) is 7.03. The molecular weight excluding hydrogens is 284 g/mol. The molecule has 0 amide bonds. The van der Waals surface area contributed by atoms with Crippen LogP contribution in [0.1, 0.15) is 12.5 Å². The Hall–Kier alpha value is -2.70. The molecule has 114 valence electrons. The number of nitrogens with zero attached hydrogens (tertiary/aromatic N) is 4. The van der Waals surface area contributed by atoms with Gasteiger partial charge in [-0.05, 0) is 26.0 Å². The molecule has 22 heavy (non-hydrogen) atoms. The highest BCUT2D eigenvalue weighted by atomic mass is 16.2. The largest absolute Gasteiger partial charge is 0.333 e. The Labute approximate surface area is 126 Å². The van der Waals surface area contributed by atoms with Crippen LogP contribution in [0.4, 0.5) is 11.6 Å². The summed E-state index contributed by atoms with van der Waals surface area (Å²) in [6.45, 7) is 4.13. The predicted octanol–water partition coefficient (Wildman–Crippen LogP) is 0.454. The van der Waals surface area contributed by atoms with E-state index in [4.69, 9.17) is 0 Å². The van der Waals surface area contributed by atoms with Gasteiger partial charge < -0.3 is 4.90 Å². The summed E-state index contributed by atoms with van der Waals surface area (Å²) in [5.74, 6) is 0.175. The van der Waals surface area contributed by atoms with Crippen LogP contribution in [0.5, 0.6) is 0 Å². The lowest BCUT2D eigenvalue weighted by Crippen LogP contribution is -2.43. The summed E-state index contributed by atoms with van der Waals surface area (Å²) in [7, 11) is 0. The van der Waals surface area contributed by atoms with Crippen molar-refractivity contribution < 1.29 is 4.79 Å². The molecule has 0 fully saturated rings. The summed E-state index contributed by atoms with van der Waals surface area (Å²) in [5, 5.41) is 4.21. The van der Waals surface area contributed by atoms with E-state index in [0.717, 1.165) is 15.9 Å². The molecule has 2 heterocycles. The Morgan fingerprint density at radius 3 is 2.45 bits per heavy atom. The third-order valence-electron chi connectivity index (χ3n) is 3.62. The highest BCUT2D eigenvalue weighted by Gasteiger charge is 2.25. The quantitative estimate of drug-likeness (QED) is 0.769. The number of rotatable bonds is 3. The number of carbonyl (C=O) groups excluding carboxylic acids is 1. The second kappa shape index (κ2) is 5.25. The fourth-order valence-corrected chi connectivity index (χ4v) is 2.51. The van der Waals surface area contributed by atoms with Gasteiger partial charge in [0, 0.05) is 18.8 Å². The lowest BCUT2D eigenvalue weighted by Gasteiger charge is -2.17. The summed E-state index contributed by atoms with van der Waals surface area (Å²) >= 11 is 0. The number of benzene rings is 1. The Morgan fingerprint density at radius 2 is 1.82 bits per heavy atom. The first kappa shape index (κ1) is 14.2. The maximum absolute atomic E-state index is 12.1. The lowest BCUT2D eigenvalue weighted by atomic mass is 10.2. The minimum Gasteiger partial charge on any atom is -0.309 e. The van der Waals surface area contributed by atoms with E-state index in [-0.39, 0.29) is 12.3 Å². The molecule has 2 aromatic rings. The smallest absolute Gasteiger partial charge is 0.309 e. The molecular formula is C15H16N4O3. The number of Topliss-reactive ketones (excluding diaryl/α,β-unsaturated/α-hetero) is 1. The van der Waals surface area contributed by atoms with Gasteiger partial charge >= 0.3 is 11.1 Å². The van der Waals surface area contributed by atoms with Gasteiger partial charge in [-0.3, -0.25) is 19.0 Å². The molecule has 1 aliphatic rings. The van der Waals surface area contributed by atoms with Crippen LogP contribution in [0.15, 0.2) is 33.9 Å². The van der Waals surface area contributed by atoms with Gasteiger partial charge in [-0.15, -0.1) is 5.10 Å². The van der Waals surface area contributed by atoms with Crippen molar-refractivity contribution in [2.75, 3.05) is 11.4 Å². The molecule has 0 atom stereocenters. The van der Waals surface area contributed by atoms with Crippen LogP contribution < -0.4 is 16.0 Å². The van der Waals surface area contributed by atoms with Gasteiger partial charge in [-0.1, -0.05) is 17.7 Å². The van der Waals surface area contributed by atoms with Gasteiger partial charge in [0.25, 0.3) is 0 Å². The van der Waals surface area contributed by atoms with Crippen molar-refractivity contribution in [3.05, 3.63) is 50.5 Å². The molecule has 0 N–H and O–H groups in total. The standard InChI is InChI=1S/C15H16N4O3/c1-10-3-5-12(6-4-10)17-7-8-18-13(21)14(22)19(9-11(2)20)16-15(17)18/h3-6H,7-9H2,1-2H3. The first-order valence-corrected chi connectivity index (χ1v) is 7.03. The second-order valence-corrected chi connectivity index (χ2v) is 5.41. The molecule has 0 spiro atoms. The normalized spacial score (nSPS) is 13.3. The van der Waals surface area contributed by atoms with Crippen LogP contribution in [0.2, 0.25) is 0 Å². The van der Waals surface area contributed by atoms with Gasteiger partial charge in [-0.25, -0.2) is 4.68 Å². The average Bonchev–Trinajstić information content (AvgIpc) is 2.88. The van der Waals surface area contributed by atoms with Crippen LogP contribution in [0.3, 0.4) is 0 Å². The van der Waals surface area contributed by atoms with E-state index < -0.39 is 11.1 Å². The minimum atomic E-state index is -0.760. The minimum absolute atomic E-state index is 0.191. The van der Waals surface area contributed by atoms with Crippen molar-refractivity contribution in [1.82, 2.24) is 14.3 Å². The van der Waals surface area contributed by atoms with E-state index in [9.17, 15) is 14.4 Å². The Balaban J connectivity index is 2.11. The average molecular weight is 300 g/mol. The maximum Gasteiger partial charge on any atom is 0.333 e. The zero-order chi connectivity index (χ0) is 15.9. The molecule has 7 nitrogen and oxygen atoms in total. The summed E-state index contributed by atoms with van der Waals surface area (Å²) in [5.41, 5.74) is 0.636. The first-order chi connectivity index (χ1) is 10.5. The highest BCUT2D eigenvalue weighted by Crippen LogP contribution is 2.26. The molecule has 0 bridgehead atoms. The number of hydrogen-bond acceptors (Lipinski definition) is 5. The van der Waals surface area contributed by atoms with Crippen molar-refractivity contribution in [2.24, 2.45) is 0 Å². The molecule has 0 saturated heterocycles. The number of anilines is 2. The summed E-state index contributed by atoms with van der Waals surface area (Å²) in [6.07, 6.45) is 0. The SMILES string of the molecule is CC(=O)Cn1nc2n(c(=O)c1=O)CCN2c1ccc(C)cc1. The van der Waals surface area contributed by atoms with Crippen LogP contribution >= 0.6 is 0 Å². The summed E-state index contributed by atoms with van der Waals surface area (Å²) in [4.78, 5) is 37.2. The molecule has 3 rings (SSSR count). The van der Waals surface area contributed by atoms with Gasteiger partial charge in [0.1, 0.15) is 6.54 Å². The predicted molar refractivity (Wildman–Crippen MR) is 81.6 cm³/mol. The Kier molecular flexibility index (Phi) is 3.40. The van der Waals surface area contributed by atoms with E-state index in [0.29, 0.717) is 19.0 Å². The van der Waals surface area contributed by atoms with E-state index >= 15 is 0 Å². The number of ketones is 1. The molecule has 0 aliphatic carbocycles. The number of aromatic nitrogens is 3. The number of aryl methyl sites for hydroxylation is 1. The topological polar surface area (TPSA) is 77.2 Å². The number of hydrogen-bond donors (Lipinski definition) is 0. The molecule has 0 saturated carbocycles. The molecule has 0 radical (unpaired) electrons. The van der Waals surface area contributed by atoms with Gasteiger partial charge in [0.15, 0.2) is 5.78 Å². The molecule has 0 unspecified atom stereocenters. The zero-order valence-electron chi connectivity index (χ0n) is 12.4. The molecule has 1 aromatic carbocycles. The van der Waals surface area contributed by atoms with Crippen molar-refractivity contribution in [3.8, 4) is 0 Å². The van der Waals surface area contributed by atoms with Crippen LogP contribution in [-0.4, -0.2) is 26.7 Å². The fourth-order valence-electron chi connectivity index (χ4n) is 2.51. The third kappa shape index (κ3) is 2.34. The van der Waals surface area contributed by atoms with Gasteiger partial charge in [0.05, 0.1) is 0 Å². The lowest BCUT2D eigenvalue weighted by molar-refractivity contribution is -0.117. The molecule has 1 aromatic heterocycles. The highest BCUT2D eigenvalue weighted by molar-refractivity contribution is 5.75. The van der Waals surface area contributed by atoms with Crippen molar-refractivity contribution in [2.45, 2.75) is 26.9 Å². The molecule has 7 heteroatoms. The van der Waals surface area contributed by atoms with E-state index in [1.54, 1.807) is 0 Å². The maximum atomic E-state index is 12.1. The van der Waals surface area contributed by atoms with Gasteiger partial charge in [0.2, 0.25) is 5.95 Å².